The van der Waals surface area contributed by atoms with Gasteiger partial charge in [0.15, 0.2) is 11.5 Å². The lowest BCUT2D eigenvalue weighted by molar-refractivity contribution is 0.0676. The second-order valence-electron chi connectivity index (χ2n) is 5.62. The lowest BCUT2D eigenvalue weighted by Crippen LogP contribution is -2.39. The molecule has 0 bridgehead atoms. The van der Waals surface area contributed by atoms with Crippen LogP contribution in [-0.4, -0.2) is 43.6 Å². The van der Waals surface area contributed by atoms with Gasteiger partial charge >= 0.3 is 0 Å². The smallest absolute Gasteiger partial charge is 0.274 e. The fourth-order valence-electron chi connectivity index (χ4n) is 2.72. The van der Waals surface area contributed by atoms with E-state index in [1.54, 1.807) is 12.3 Å². The monoisotopic (exact) mass is 285 g/mol. The molecule has 1 fully saturated rings. The molecule has 1 aliphatic heterocycles. The van der Waals surface area contributed by atoms with Crippen molar-refractivity contribution in [2.45, 2.75) is 26.7 Å². The largest absolute Gasteiger partial charge is 0.337 e. The van der Waals surface area contributed by atoms with Gasteiger partial charge in [-0.2, -0.15) is 0 Å². The molecule has 0 spiro atoms. The fraction of sp³-hybridized carbons (Fsp3) is 0.467. The number of likely N-dealkylation sites (tertiary alicyclic amines) is 1. The lowest BCUT2D eigenvalue weighted by atomic mass is 10.00. The molecule has 3 rings (SSSR count). The van der Waals surface area contributed by atoms with Crippen LogP contribution in [0.4, 0.5) is 0 Å². The van der Waals surface area contributed by atoms with Gasteiger partial charge in [-0.1, -0.05) is 6.92 Å². The van der Waals surface area contributed by atoms with Crippen LogP contribution in [0.1, 0.15) is 36.1 Å². The third kappa shape index (κ3) is 2.79. The molecule has 2 aromatic heterocycles. The van der Waals surface area contributed by atoms with E-state index in [2.05, 4.69) is 22.1 Å². The highest BCUT2D eigenvalue weighted by atomic mass is 16.2. The number of hydrogen-bond acceptors (Lipinski definition) is 4. The zero-order valence-corrected chi connectivity index (χ0v) is 12.4. The molecule has 3 heterocycles. The van der Waals surface area contributed by atoms with Crippen molar-refractivity contribution in [2.75, 3.05) is 13.1 Å². The number of carbonyl (C=O) groups excluding carboxylic acids is 1. The van der Waals surface area contributed by atoms with E-state index in [0.29, 0.717) is 17.4 Å². The average Bonchev–Trinajstić information content (AvgIpc) is 2.93. The van der Waals surface area contributed by atoms with E-state index in [1.807, 2.05) is 28.7 Å². The molecule has 0 N–H and O–H groups in total. The van der Waals surface area contributed by atoms with Gasteiger partial charge in [-0.05, 0) is 37.8 Å². The van der Waals surface area contributed by atoms with E-state index in [9.17, 15) is 4.79 Å². The lowest BCUT2D eigenvalue weighted by Gasteiger charge is -2.30. The number of piperidine rings is 1. The summed E-state index contributed by atoms with van der Waals surface area (Å²) >= 11 is 0. The maximum absolute atomic E-state index is 12.4. The number of aromatic nitrogens is 4. The number of rotatable bonds is 2. The van der Waals surface area contributed by atoms with Gasteiger partial charge in [-0.15, -0.1) is 10.2 Å². The molecule has 0 radical (unpaired) electrons. The number of aryl methyl sites for hydroxylation is 1. The van der Waals surface area contributed by atoms with Crippen LogP contribution in [0, 0.1) is 12.8 Å². The third-order valence-electron chi connectivity index (χ3n) is 3.89. The van der Waals surface area contributed by atoms with Crippen molar-refractivity contribution >= 4 is 5.91 Å². The van der Waals surface area contributed by atoms with Crippen molar-refractivity contribution in [1.29, 1.82) is 0 Å². The molecular formula is C15H19N5O. The molecule has 21 heavy (non-hydrogen) atoms. The molecule has 0 saturated carbocycles. The summed E-state index contributed by atoms with van der Waals surface area (Å²) < 4.78 is 1.84. The van der Waals surface area contributed by atoms with Crippen LogP contribution in [0.5, 0.6) is 0 Å². The first kappa shape index (κ1) is 13.7. The molecule has 0 aromatic carbocycles. The van der Waals surface area contributed by atoms with Crippen LogP contribution in [-0.2, 0) is 0 Å². The molecule has 6 heteroatoms. The topological polar surface area (TPSA) is 63.9 Å². The summed E-state index contributed by atoms with van der Waals surface area (Å²) in [4.78, 5) is 18.4. The van der Waals surface area contributed by atoms with Crippen molar-refractivity contribution in [3.8, 4) is 5.82 Å². The Morgan fingerprint density at radius 3 is 2.81 bits per heavy atom. The number of carbonyl (C=O) groups is 1. The van der Waals surface area contributed by atoms with Crippen molar-refractivity contribution in [2.24, 2.45) is 5.92 Å². The van der Waals surface area contributed by atoms with Crippen LogP contribution in [0.3, 0.4) is 0 Å². The standard InChI is InChI=1S/C15H19N5O/c1-11-4-3-8-19(10-11)15(21)13-5-6-14(18-17-13)20-9-7-16-12(20)2/h5-7,9,11H,3-4,8,10H2,1-2H3. The van der Waals surface area contributed by atoms with Crippen molar-refractivity contribution < 1.29 is 4.79 Å². The SMILES string of the molecule is Cc1nccn1-c1ccc(C(=O)N2CCCC(C)C2)nn1. The summed E-state index contributed by atoms with van der Waals surface area (Å²) in [5, 5.41) is 8.23. The van der Waals surface area contributed by atoms with Gasteiger partial charge in [0.2, 0.25) is 0 Å². The van der Waals surface area contributed by atoms with E-state index >= 15 is 0 Å². The summed E-state index contributed by atoms with van der Waals surface area (Å²) in [6.07, 6.45) is 5.79. The normalized spacial score (nSPS) is 18.8. The van der Waals surface area contributed by atoms with Crippen LogP contribution >= 0.6 is 0 Å². The van der Waals surface area contributed by atoms with Crippen LogP contribution < -0.4 is 0 Å². The fourth-order valence-corrected chi connectivity index (χ4v) is 2.72. The highest BCUT2D eigenvalue weighted by Gasteiger charge is 2.23. The average molecular weight is 285 g/mol. The molecular weight excluding hydrogens is 266 g/mol. The molecule has 6 nitrogen and oxygen atoms in total. The molecule has 1 saturated heterocycles. The van der Waals surface area contributed by atoms with E-state index in [0.717, 1.165) is 25.3 Å². The van der Waals surface area contributed by atoms with Gasteiger partial charge in [0, 0.05) is 25.5 Å². The van der Waals surface area contributed by atoms with Gasteiger partial charge < -0.3 is 4.90 Å². The van der Waals surface area contributed by atoms with Gasteiger partial charge in [0.25, 0.3) is 5.91 Å². The van der Waals surface area contributed by atoms with E-state index in [1.165, 1.54) is 6.42 Å². The Morgan fingerprint density at radius 2 is 2.19 bits per heavy atom. The number of amides is 1. The highest BCUT2D eigenvalue weighted by molar-refractivity contribution is 5.92. The van der Waals surface area contributed by atoms with Gasteiger partial charge in [0.05, 0.1) is 0 Å². The minimum Gasteiger partial charge on any atom is -0.337 e. The predicted octanol–water partition coefficient (Wildman–Crippen LogP) is 1.84. The highest BCUT2D eigenvalue weighted by Crippen LogP contribution is 2.17. The van der Waals surface area contributed by atoms with Crippen LogP contribution in [0.25, 0.3) is 5.82 Å². The van der Waals surface area contributed by atoms with Crippen molar-refractivity contribution in [1.82, 2.24) is 24.6 Å². The second kappa shape index (κ2) is 5.63. The van der Waals surface area contributed by atoms with Gasteiger partial charge in [-0.3, -0.25) is 9.36 Å². The Balaban J connectivity index is 1.78. The van der Waals surface area contributed by atoms with Crippen molar-refractivity contribution in [3.63, 3.8) is 0 Å². The maximum Gasteiger partial charge on any atom is 0.274 e. The summed E-state index contributed by atoms with van der Waals surface area (Å²) in [6.45, 7) is 5.70. The summed E-state index contributed by atoms with van der Waals surface area (Å²) in [5.41, 5.74) is 0.408. The molecule has 1 amide bonds. The van der Waals surface area contributed by atoms with Gasteiger partial charge in [0.1, 0.15) is 5.82 Å². The quantitative estimate of drug-likeness (QED) is 0.844. The Bertz CT molecular complexity index is 634. The zero-order chi connectivity index (χ0) is 14.8. The molecule has 110 valence electrons. The number of nitrogens with zero attached hydrogens (tertiary/aromatic N) is 5. The Hall–Kier alpha value is -2.24. The maximum atomic E-state index is 12.4. The minimum absolute atomic E-state index is 0.0250. The van der Waals surface area contributed by atoms with E-state index in [4.69, 9.17) is 0 Å². The molecule has 1 atom stereocenters. The zero-order valence-electron chi connectivity index (χ0n) is 12.4. The van der Waals surface area contributed by atoms with E-state index in [-0.39, 0.29) is 5.91 Å². The van der Waals surface area contributed by atoms with Crippen LogP contribution in [0.2, 0.25) is 0 Å². The van der Waals surface area contributed by atoms with Crippen LogP contribution in [0.15, 0.2) is 24.5 Å². The summed E-state index contributed by atoms with van der Waals surface area (Å²) in [6, 6.07) is 3.55. The predicted molar refractivity (Wildman–Crippen MR) is 78.2 cm³/mol. The third-order valence-corrected chi connectivity index (χ3v) is 3.89. The van der Waals surface area contributed by atoms with E-state index < -0.39 is 0 Å². The van der Waals surface area contributed by atoms with Crippen molar-refractivity contribution in [3.05, 3.63) is 36.0 Å². The first-order valence-corrected chi connectivity index (χ1v) is 7.28. The summed E-state index contributed by atoms with van der Waals surface area (Å²) in [7, 11) is 0. The van der Waals surface area contributed by atoms with Gasteiger partial charge in [-0.25, -0.2) is 4.98 Å². The first-order valence-electron chi connectivity index (χ1n) is 7.28. The molecule has 0 aliphatic carbocycles. The Morgan fingerprint density at radius 1 is 1.33 bits per heavy atom. The Labute approximate surface area is 123 Å². The number of imidazole rings is 1. The number of hydrogen-bond donors (Lipinski definition) is 0. The molecule has 1 unspecified atom stereocenters. The minimum atomic E-state index is -0.0250. The molecule has 1 aliphatic rings. The Kier molecular flexibility index (Phi) is 3.68. The second-order valence-corrected chi connectivity index (χ2v) is 5.62. The molecule has 2 aromatic rings. The first-order chi connectivity index (χ1) is 10.1. The summed E-state index contributed by atoms with van der Waals surface area (Å²) in [5.74, 6) is 2.05.